The molecule has 0 aliphatic heterocycles. The summed E-state index contributed by atoms with van der Waals surface area (Å²) >= 11 is 0. The number of aromatic carboxylic acids is 2. The number of carboxylic acid groups (broad SMARTS) is 2. The summed E-state index contributed by atoms with van der Waals surface area (Å²) in [4.78, 5) is 22.1. The molecule has 1 aromatic carbocycles. The van der Waals surface area contributed by atoms with E-state index in [0.29, 0.717) is 5.69 Å². The fraction of sp³-hybridized carbons (Fsp3) is 0.429. The fourth-order valence-corrected chi connectivity index (χ4v) is 2.45. The van der Waals surface area contributed by atoms with Gasteiger partial charge in [-0.1, -0.05) is 19.3 Å². The molecule has 1 aromatic rings. The predicted molar refractivity (Wildman–Crippen MR) is 70.9 cm³/mol. The standard InChI is InChI=1S/C14H17NO4/c16-13(17)9-6-7-11(14(18)19)12(8-9)15-10-4-2-1-3-5-10/h6-8,10,15H,1-5H2,(H,16,17)(H,18,19). The molecule has 19 heavy (non-hydrogen) atoms. The first kappa shape index (κ1) is 13.4. The molecule has 0 heterocycles. The van der Waals surface area contributed by atoms with E-state index in [-0.39, 0.29) is 17.2 Å². The predicted octanol–water partition coefficient (Wildman–Crippen LogP) is 2.83. The minimum Gasteiger partial charge on any atom is -0.478 e. The molecule has 0 radical (unpaired) electrons. The smallest absolute Gasteiger partial charge is 0.337 e. The van der Waals surface area contributed by atoms with Crippen LogP contribution in [0.2, 0.25) is 0 Å². The Balaban J connectivity index is 2.26. The fourth-order valence-electron chi connectivity index (χ4n) is 2.45. The Morgan fingerprint density at radius 1 is 1.05 bits per heavy atom. The molecule has 0 saturated heterocycles. The molecular weight excluding hydrogens is 246 g/mol. The number of carboxylic acids is 2. The van der Waals surface area contributed by atoms with Crippen molar-refractivity contribution in [3.63, 3.8) is 0 Å². The summed E-state index contributed by atoms with van der Waals surface area (Å²) in [7, 11) is 0. The summed E-state index contributed by atoms with van der Waals surface area (Å²) < 4.78 is 0. The van der Waals surface area contributed by atoms with E-state index in [4.69, 9.17) is 10.2 Å². The lowest BCUT2D eigenvalue weighted by molar-refractivity contribution is 0.0682. The highest BCUT2D eigenvalue weighted by Crippen LogP contribution is 2.25. The van der Waals surface area contributed by atoms with Crippen LogP contribution in [0.3, 0.4) is 0 Å². The van der Waals surface area contributed by atoms with Gasteiger partial charge < -0.3 is 15.5 Å². The molecule has 3 N–H and O–H groups in total. The Hall–Kier alpha value is -2.04. The van der Waals surface area contributed by atoms with Gasteiger partial charge in [0.15, 0.2) is 0 Å². The van der Waals surface area contributed by atoms with E-state index in [9.17, 15) is 9.59 Å². The summed E-state index contributed by atoms with van der Waals surface area (Å²) in [5.41, 5.74) is 0.623. The summed E-state index contributed by atoms with van der Waals surface area (Å²) in [6, 6.07) is 4.30. The number of hydrogen-bond acceptors (Lipinski definition) is 3. The molecule has 1 saturated carbocycles. The molecule has 0 aromatic heterocycles. The number of hydrogen-bond donors (Lipinski definition) is 3. The SMILES string of the molecule is O=C(O)c1ccc(C(=O)O)c(NC2CCCCC2)c1. The van der Waals surface area contributed by atoms with Crippen LogP contribution in [-0.4, -0.2) is 28.2 Å². The molecule has 0 atom stereocenters. The summed E-state index contributed by atoms with van der Waals surface area (Å²) in [6.07, 6.45) is 5.45. The number of rotatable bonds is 4. The molecule has 0 bridgehead atoms. The third-order valence-corrected chi connectivity index (χ3v) is 3.46. The molecule has 0 spiro atoms. The van der Waals surface area contributed by atoms with Gasteiger partial charge in [-0.25, -0.2) is 9.59 Å². The van der Waals surface area contributed by atoms with Gasteiger partial charge in [0, 0.05) is 11.7 Å². The van der Waals surface area contributed by atoms with Crippen molar-refractivity contribution in [3.8, 4) is 0 Å². The normalized spacial score (nSPS) is 16.0. The van der Waals surface area contributed by atoms with Crippen LogP contribution >= 0.6 is 0 Å². The van der Waals surface area contributed by atoms with Crippen molar-refractivity contribution in [2.45, 2.75) is 38.1 Å². The van der Waals surface area contributed by atoms with Crippen LogP contribution in [-0.2, 0) is 0 Å². The lowest BCUT2D eigenvalue weighted by Crippen LogP contribution is -2.23. The maximum absolute atomic E-state index is 11.2. The van der Waals surface area contributed by atoms with Gasteiger partial charge in [-0.15, -0.1) is 0 Å². The topological polar surface area (TPSA) is 86.6 Å². The molecule has 1 fully saturated rings. The number of benzene rings is 1. The maximum Gasteiger partial charge on any atom is 0.337 e. The van der Waals surface area contributed by atoms with E-state index in [1.807, 2.05) is 0 Å². The first-order valence-electron chi connectivity index (χ1n) is 6.45. The van der Waals surface area contributed by atoms with E-state index >= 15 is 0 Å². The van der Waals surface area contributed by atoms with E-state index in [0.717, 1.165) is 25.7 Å². The zero-order valence-corrected chi connectivity index (χ0v) is 10.6. The Kier molecular flexibility index (Phi) is 4.04. The van der Waals surface area contributed by atoms with Crippen LogP contribution in [0.15, 0.2) is 18.2 Å². The molecule has 102 valence electrons. The second-order valence-electron chi connectivity index (χ2n) is 4.85. The van der Waals surface area contributed by atoms with Gasteiger partial charge in [-0.3, -0.25) is 0 Å². The van der Waals surface area contributed by atoms with Gasteiger partial charge in [0.25, 0.3) is 0 Å². The van der Waals surface area contributed by atoms with E-state index in [2.05, 4.69) is 5.32 Å². The largest absolute Gasteiger partial charge is 0.478 e. The maximum atomic E-state index is 11.2. The van der Waals surface area contributed by atoms with Gasteiger partial charge in [0.1, 0.15) is 0 Å². The third kappa shape index (κ3) is 3.24. The van der Waals surface area contributed by atoms with Gasteiger partial charge >= 0.3 is 11.9 Å². The van der Waals surface area contributed by atoms with Crippen LogP contribution in [0.25, 0.3) is 0 Å². The molecule has 0 unspecified atom stereocenters. The van der Waals surface area contributed by atoms with Crippen molar-refractivity contribution in [3.05, 3.63) is 29.3 Å². The van der Waals surface area contributed by atoms with Crippen molar-refractivity contribution in [1.29, 1.82) is 0 Å². The number of carbonyl (C=O) groups is 2. The van der Waals surface area contributed by atoms with Crippen molar-refractivity contribution in [1.82, 2.24) is 0 Å². The average molecular weight is 263 g/mol. The van der Waals surface area contributed by atoms with Crippen LogP contribution in [0.4, 0.5) is 5.69 Å². The van der Waals surface area contributed by atoms with Crippen LogP contribution < -0.4 is 5.32 Å². The highest BCUT2D eigenvalue weighted by molar-refractivity contribution is 5.97. The van der Waals surface area contributed by atoms with Gasteiger partial charge in [0.2, 0.25) is 0 Å². The quantitative estimate of drug-likeness (QED) is 0.777. The first-order chi connectivity index (χ1) is 9.08. The summed E-state index contributed by atoms with van der Waals surface area (Å²) in [5, 5.41) is 21.3. The second-order valence-corrected chi connectivity index (χ2v) is 4.85. The second kappa shape index (κ2) is 5.73. The summed E-state index contributed by atoms with van der Waals surface area (Å²) in [5.74, 6) is -2.10. The Morgan fingerprint density at radius 3 is 2.32 bits per heavy atom. The van der Waals surface area contributed by atoms with E-state index in [1.165, 1.54) is 24.6 Å². The zero-order valence-electron chi connectivity index (χ0n) is 10.6. The minimum absolute atomic E-state index is 0.100. The molecule has 5 nitrogen and oxygen atoms in total. The average Bonchev–Trinajstić information content (AvgIpc) is 2.39. The van der Waals surface area contributed by atoms with Gasteiger partial charge in [-0.2, -0.15) is 0 Å². The van der Waals surface area contributed by atoms with Crippen LogP contribution in [0.5, 0.6) is 0 Å². The van der Waals surface area contributed by atoms with Crippen molar-refractivity contribution >= 4 is 17.6 Å². The molecule has 2 rings (SSSR count). The van der Waals surface area contributed by atoms with Crippen molar-refractivity contribution in [2.75, 3.05) is 5.32 Å². The number of nitrogens with one attached hydrogen (secondary N) is 1. The van der Waals surface area contributed by atoms with Crippen molar-refractivity contribution < 1.29 is 19.8 Å². The minimum atomic E-state index is -1.05. The van der Waals surface area contributed by atoms with Crippen molar-refractivity contribution in [2.24, 2.45) is 0 Å². The first-order valence-corrected chi connectivity index (χ1v) is 6.45. The molecule has 0 amide bonds. The third-order valence-electron chi connectivity index (χ3n) is 3.46. The molecule has 1 aliphatic rings. The summed E-state index contributed by atoms with van der Waals surface area (Å²) in [6.45, 7) is 0. The van der Waals surface area contributed by atoms with Crippen LogP contribution in [0, 0.1) is 0 Å². The Morgan fingerprint density at radius 2 is 1.74 bits per heavy atom. The molecule has 5 heteroatoms. The lowest BCUT2D eigenvalue weighted by Gasteiger charge is -2.24. The van der Waals surface area contributed by atoms with E-state index in [1.54, 1.807) is 0 Å². The highest BCUT2D eigenvalue weighted by Gasteiger charge is 2.18. The Bertz CT molecular complexity index is 492. The van der Waals surface area contributed by atoms with Gasteiger partial charge in [-0.05, 0) is 31.0 Å². The molecular formula is C14H17NO4. The van der Waals surface area contributed by atoms with Crippen LogP contribution in [0.1, 0.15) is 52.8 Å². The zero-order chi connectivity index (χ0) is 13.8. The van der Waals surface area contributed by atoms with E-state index < -0.39 is 11.9 Å². The Labute approximate surface area is 111 Å². The lowest BCUT2D eigenvalue weighted by atomic mass is 9.95. The molecule has 1 aliphatic carbocycles. The van der Waals surface area contributed by atoms with Gasteiger partial charge in [0.05, 0.1) is 11.1 Å². The highest BCUT2D eigenvalue weighted by atomic mass is 16.4. The monoisotopic (exact) mass is 263 g/mol. The number of anilines is 1.